The minimum atomic E-state index is 0.0378. The van der Waals surface area contributed by atoms with Crippen LogP contribution in [-0.2, 0) is 5.41 Å². The second kappa shape index (κ2) is 2.65. The maximum absolute atomic E-state index is 12.0. The number of hydrogen-bond acceptors (Lipinski definition) is 3. The molecule has 17 heavy (non-hydrogen) atoms. The summed E-state index contributed by atoms with van der Waals surface area (Å²) in [6, 6.07) is 7.61. The molecule has 0 saturated heterocycles. The molecule has 1 saturated carbocycles. The van der Waals surface area contributed by atoms with Crippen molar-refractivity contribution in [3.8, 4) is 6.07 Å². The summed E-state index contributed by atoms with van der Waals surface area (Å²) in [7, 11) is 0. The molecule has 0 N–H and O–H groups in total. The molecule has 0 bridgehead atoms. The molecular formula is C14H10N2O. The van der Waals surface area contributed by atoms with Crippen molar-refractivity contribution in [2.45, 2.75) is 18.3 Å². The van der Waals surface area contributed by atoms with Gasteiger partial charge >= 0.3 is 0 Å². The molecule has 4 rings (SSSR count). The molecule has 1 aliphatic heterocycles. The lowest BCUT2D eigenvalue weighted by molar-refractivity contribution is 0.0995. The molecule has 1 aromatic rings. The number of ketones is 1. The van der Waals surface area contributed by atoms with Crippen molar-refractivity contribution in [2.24, 2.45) is 10.9 Å². The van der Waals surface area contributed by atoms with Gasteiger partial charge in [0.05, 0.1) is 11.6 Å². The normalized spacial score (nSPS) is 32.1. The first-order valence-corrected chi connectivity index (χ1v) is 5.87. The fraction of sp³-hybridized carbons (Fsp3) is 0.357. The van der Waals surface area contributed by atoms with Crippen LogP contribution in [0.25, 0.3) is 0 Å². The Hall–Kier alpha value is -1.95. The third-order valence-electron chi connectivity index (χ3n) is 4.38. The second-order valence-electron chi connectivity index (χ2n) is 5.13. The van der Waals surface area contributed by atoms with Crippen molar-refractivity contribution >= 4 is 11.5 Å². The van der Waals surface area contributed by atoms with Gasteiger partial charge in [0.15, 0.2) is 5.78 Å². The molecule has 3 aliphatic rings. The Morgan fingerprint density at radius 1 is 1.47 bits per heavy atom. The van der Waals surface area contributed by atoms with Gasteiger partial charge in [-0.25, -0.2) is 0 Å². The van der Waals surface area contributed by atoms with Crippen molar-refractivity contribution < 1.29 is 4.79 Å². The van der Waals surface area contributed by atoms with Gasteiger partial charge in [-0.15, -0.1) is 0 Å². The van der Waals surface area contributed by atoms with Crippen LogP contribution in [-0.4, -0.2) is 18.0 Å². The minimum Gasteiger partial charge on any atom is -0.294 e. The number of aliphatic imine (C=N–C) groups is 1. The molecule has 2 aliphatic carbocycles. The van der Waals surface area contributed by atoms with Crippen LogP contribution in [0.15, 0.2) is 23.2 Å². The van der Waals surface area contributed by atoms with Crippen molar-refractivity contribution in [1.29, 1.82) is 5.26 Å². The van der Waals surface area contributed by atoms with Crippen LogP contribution in [0.3, 0.4) is 0 Å². The van der Waals surface area contributed by atoms with Gasteiger partial charge in [-0.05, 0) is 36.1 Å². The quantitative estimate of drug-likeness (QED) is 0.672. The fourth-order valence-electron chi connectivity index (χ4n) is 3.44. The molecule has 82 valence electrons. The van der Waals surface area contributed by atoms with Gasteiger partial charge in [-0.3, -0.25) is 9.79 Å². The molecule has 0 radical (unpaired) electrons. The van der Waals surface area contributed by atoms with Crippen LogP contribution < -0.4 is 0 Å². The van der Waals surface area contributed by atoms with Gasteiger partial charge < -0.3 is 0 Å². The van der Waals surface area contributed by atoms with E-state index in [4.69, 9.17) is 5.26 Å². The van der Waals surface area contributed by atoms with E-state index in [-0.39, 0.29) is 11.2 Å². The zero-order valence-corrected chi connectivity index (χ0v) is 9.23. The third kappa shape index (κ3) is 0.922. The fourth-order valence-corrected chi connectivity index (χ4v) is 3.44. The Morgan fingerprint density at radius 2 is 2.35 bits per heavy atom. The molecule has 1 fully saturated rings. The van der Waals surface area contributed by atoms with Crippen LogP contribution in [0.2, 0.25) is 0 Å². The molecule has 0 amide bonds. The predicted octanol–water partition coefficient (Wildman–Crippen LogP) is 1.86. The summed E-state index contributed by atoms with van der Waals surface area (Å²) in [5.74, 6) is 0.736. The summed E-state index contributed by atoms with van der Waals surface area (Å²) in [5.41, 5.74) is 3.62. The van der Waals surface area contributed by atoms with E-state index in [2.05, 4.69) is 11.1 Å². The van der Waals surface area contributed by atoms with E-state index in [1.54, 1.807) is 6.07 Å². The molecule has 1 spiro atoms. The first kappa shape index (κ1) is 9.12. The van der Waals surface area contributed by atoms with Crippen molar-refractivity contribution in [3.63, 3.8) is 0 Å². The zero-order chi connectivity index (χ0) is 11.6. The predicted molar refractivity (Wildman–Crippen MR) is 62.2 cm³/mol. The van der Waals surface area contributed by atoms with Crippen molar-refractivity contribution in [2.75, 3.05) is 6.54 Å². The van der Waals surface area contributed by atoms with Crippen LogP contribution >= 0.6 is 0 Å². The smallest absolute Gasteiger partial charge is 0.168 e. The van der Waals surface area contributed by atoms with Gasteiger partial charge in [0.2, 0.25) is 0 Å². The van der Waals surface area contributed by atoms with E-state index in [1.807, 2.05) is 12.1 Å². The third-order valence-corrected chi connectivity index (χ3v) is 4.38. The highest BCUT2D eigenvalue weighted by atomic mass is 16.1. The van der Waals surface area contributed by atoms with Crippen molar-refractivity contribution in [1.82, 2.24) is 0 Å². The number of nitriles is 1. The average molecular weight is 222 g/mol. The number of rotatable bonds is 0. The largest absolute Gasteiger partial charge is 0.294 e. The Balaban J connectivity index is 2.01. The first-order valence-electron chi connectivity index (χ1n) is 5.87. The minimum absolute atomic E-state index is 0.0378. The van der Waals surface area contributed by atoms with E-state index >= 15 is 0 Å². The number of fused-ring (bicyclic) bond motifs is 1. The average Bonchev–Trinajstić information content (AvgIpc) is 2.98. The van der Waals surface area contributed by atoms with Gasteiger partial charge in [-0.1, -0.05) is 0 Å². The van der Waals surface area contributed by atoms with Crippen LogP contribution in [0, 0.1) is 17.2 Å². The maximum atomic E-state index is 12.0. The van der Waals surface area contributed by atoms with Gasteiger partial charge in [-0.2, -0.15) is 5.26 Å². The Kier molecular flexibility index (Phi) is 1.42. The van der Waals surface area contributed by atoms with Crippen LogP contribution in [0.1, 0.15) is 34.3 Å². The van der Waals surface area contributed by atoms with Crippen LogP contribution in [0.5, 0.6) is 0 Å². The van der Waals surface area contributed by atoms with E-state index in [0.29, 0.717) is 17.9 Å². The van der Waals surface area contributed by atoms with E-state index in [0.717, 1.165) is 29.8 Å². The maximum Gasteiger partial charge on any atom is 0.168 e. The van der Waals surface area contributed by atoms with Crippen LogP contribution in [0.4, 0.5) is 0 Å². The Morgan fingerprint density at radius 3 is 3.12 bits per heavy atom. The highest BCUT2D eigenvalue weighted by Gasteiger charge is 2.64. The lowest BCUT2D eigenvalue weighted by Gasteiger charge is -2.25. The van der Waals surface area contributed by atoms with E-state index in [1.165, 1.54) is 0 Å². The van der Waals surface area contributed by atoms with Crippen molar-refractivity contribution in [3.05, 3.63) is 34.9 Å². The Bertz CT molecular complexity index is 638. The monoisotopic (exact) mass is 222 g/mol. The summed E-state index contributed by atoms with van der Waals surface area (Å²) in [6.07, 6.45) is 1.59. The molecule has 1 heterocycles. The highest BCUT2D eigenvalue weighted by molar-refractivity contribution is 6.20. The number of hydrogen-bond donors (Lipinski definition) is 0. The molecular weight excluding hydrogens is 212 g/mol. The van der Waals surface area contributed by atoms with Gasteiger partial charge in [0.25, 0.3) is 0 Å². The topological polar surface area (TPSA) is 53.2 Å². The van der Waals surface area contributed by atoms with E-state index in [9.17, 15) is 4.79 Å². The second-order valence-corrected chi connectivity index (χ2v) is 5.13. The SMILES string of the molecule is N#Cc1ccc2c(c1)C13CC1CN=C3CC2=O. The summed E-state index contributed by atoms with van der Waals surface area (Å²) in [4.78, 5) is 16.5. The number of benzene rings is 1. The van der Waals surface area contributed by atoms with Gasteiger partial charge in [0.1, 0.15) is 0 Å². The number of nitrogens with zero attached hydrogens (tertiary/aromatic N) is 2. The summed E-state index contributed by atoms with van der Waals surface area (Å²) in [6.45, 7) is 0.860. The summed E-state index contributed by atoms with van der Waals surface area (Å²) < 4.78 is 0. The molecule has 2 unspecified atom stereocenters. The van der Waals surface area contributed by atoms with E-state index < -0.39 is 0 Å². The number of carbonyl (C=O) groups excluding carboxylic acids is 1. The summed E-state index contributed by atoms with van der Waals surface area (Å²) >= 11 is 0. The number of Topliss-reactive ketones (excluding diaryl/α,β-unsaturated/α-hetero) is 1. The molecule has 0 aromatic heterocycles. The Labute approximate surface area is 98.8 Å². The lowest BCUT2D eigenvalue weighted by atomic mass is 9.77. The number of carbonyl (C=O) groups is 1. The molecule has 3 nitrogen and oxygen atoms in total. The molecule has 2 atom stereocenters. The zero-order valence-electron chi connectivity index (χ0n) is 9.23. The lowest BCUT2D eigenvalue weighted by Crippen LogP contribution is -2.30. The first-order chi connectivity index (χ1) is 8.25. The van der Waals surface area contributed by atoms with Gasteiger partial charge in [0, 0.05) is 29.7 Å². The summed E-state index contributed by atoms with van der Waals surface area (Å²) in [5, 5.41) is 8.98. The standard InChI is InChI=1S/C14H10N2O/c15-6-8-1-2-10-11(3-8)14-5-9(14)7-16-13(14)4-12(10)17/h1-3,9H,4-5,7H2. The molecule has 3 heteroatoms. The highest BCUT2D eigenvalue weighted by Crippen LogP contribution is 2.61. The molecule has 1 aromatic carbocycles.